The van der Waals surface area contributed by atoms with Crippen molar-refractivity contribution in [2.75, 3.05) is 25.4 Å². The molecule has 35 heavy (non-hydrogen) atoms. The Labute approximate surface area is 209 Å². The number of nitrogens with zero attached hydrogens (tertiary/aromatic N) is 2. The number of rotatable bonds is 10. The quantitative estimate of drug-likeness (QED) is 0.293. The number of thioether (sulfide) groups is 1. The van der Waals surface area contributed by atoms with Gasteiger partial charge in [-0.3, -0.25) is 19.7 Å². The van der Waals surface area contributed by atoms with E-state index in [0.29, 0.717) is 31.5 Å². The summed E-state index contributed by atoms with van der Waals surface area (Å²) in [6, 6.07) is 5.17. The lowest BCUT2D eigenvalue weighted by atomic mass is 10.0. The second kappa shape index (κ2) is 9.81. The number of nitrogens with one attached hydrogen (secondary N) is 1. The molecule has 5 rings (SSSR count). The molecule has 190 valence electrons. The minimum absolute atomic E-state index is 0.0852. The highest BCUT2D eigenvalue weighted by molar-refractivity contribution is 7.99. The first-order chi connectivity index (χ1) is 16.8. The Hall–Kier alpha value is -2.00. The largest absolute Gasteiger partial charge is 0.322 e. The average molecular weight is 506 g/mol. The van der Waals surface area contributed by atoms with E-state index in [1.165, 1.54) is 0 Å². The SMILES string of the molecule is O=C1CCC(N2Cc3c(SCCCCCCCN4CCC5(C4)CC5(F)F)cccc3C2=O)C(=O)N1. The van der Waals surface area contributed by atoms with Crippen molar-refractivity contribution in [3.63, 3.8) is 0 Å². The maximum absolute atomic E-state index is 13.5. The molecule has 3 fully saturated rings. The molecule has 1 aromatic rings. The summed E-state index contributed by atoms with van der Waals surface area (Å²) in [5, 5.41) is 2.35. The van der Waals surface area contributed by atoms with Crippen LogP contribution in [0.2, 0.25) is 0 Å². The standard InChI is InChI=1S/C26H33F2N3O3S/c27-26(28)16-25(26)11-13-30(17-25)12-4-2-1-3-5-14-35-21-8-6-7-18-19(21)15-31(24(18)34)20-9-10-22(32)29-23(20)33/h6-8,20H,1-5,9-17H2,(H,29,32,33). The lowest BCUT2D eigenvalue weighted by Gasteiger charge is -2.29. The average Bonchev–Trinajstić information content (AvgIpc) is 3.09. The smallest absolute Gasteiger partial charge is 0.255 e. The minimum Gasteiger partial charge on any atom is -0.322 e. The Bertz CT molecular complexity index is 1020. The lowest BCUT2D eigenvalue weighted by molar-refractivity contribution is -0.136. The molecule has 9 heteroatoms. The number of halogens is 2. The van der Waals surface area contributed by atoms with E-state index < -0.39 is 17.4 Å². The summed E-state index contributed by atoms with van der Waals surface area (Å²) in [7, 11) is 0. The van der Waals surface area contributed by atoms with Gasteiger partial charge in [-0.15, -0.1) is 11.8 Å². The highest BCUT2D eigenvalue weighted by atomic mass is 32.2. The molecule has 1 aromatic carbocycles. The Balaban J connectivity index is 1.01. The number of imide groups is 1. The third-order valence-electron chi connectivity index (χ3n) is 8.06. The van der Waals surface area contributed by atoms with Crippen LogP contribution in [-0.4, -0.2) is 64.9 Å². The van der Waals surface area contributed by atoms with Crippen molar-refractivity contribution in [1.82, 2.24) is 15.1 Å². The zero-order valence-corrected chi connectivity index (χ0v) is 20.8. The molecular formula is C26H33F2N3O3S. The van der Waals surface area contributed by atoms with Crippen LogP contribution in [0.3, 0.4) is 0 Å². The van der Waals surface area contributed by atoms with Crippen LogP contribution < -0.4 is 5.32 Å². The van der Waals surface area contributed by atoms with Crippen molar-refractivity contribution in [1.29, 1.82) is 0 Å². The van der Waals surface area contributed by atoms with Gasteiger partial charge in [-0.1, -0.05) is 25.3 Å². The van der Waals surface area contributed by atoms with Crippen molar-refractivity contribution < 1.29 is 23.2 Å². The predicted octanol–water partition coefficient (Wildman–Crippen LogP) is 4.22. The van der Waals surface area contributed by atoms with E-state index >= 15 is 0 Å². The molecule has 0 radical (unpaired) electrons. The van der Waals surface area contributed by atoms with E-state index in [-0.39, 0.29) is 30.6 Å². The van der Waals surface area contributed by atoms with Gasteiger partial charge in [0.05, 0.1) is 5.41 Å². The number of benzene rings is 1. The Morgan fingerprint density at radius 1 is 1.09 bits per heavy atom. The van der Waals surface area contributed by atoms with Crippen molar-refractivity contribution in [2.24, 2.45) is 5.41 Å². The molecular weight excluding hydrogens is 472 g/mol. The van der Waals surface area contributed by atoms with E-state index in [9.17, 15) is 23.2 Å². The number of hydrogen-bond acceptors (Lipinski definition) is 5. The van der Waals surface area contributed by atoms with Crippen LogP contribution in [-0.2, 0) is 16.1 Å². The second-order valence-electron chi connectivity index (χ2n) is 10.5. The van der Waals surface area contributed by atoms with Crippen molar-refractivity contribution in [2.45, 2.75) is 81.2 Å². The van der Waals surface area contributed by atoms with Crippen LogP contribution in [0.1, 0.15) is 73.7 Å². The van der Waals surface area contributed by atoms with E-state index in [1.807, 2.05) is 18.2 Å². The van der Waals surface area contributed by atoms with Crippen molar-refractivity contribution >= 4 is 29.5 Å². The van der Waals surface area contributed by atoms with E-state index in [0.717, 1.165) is 61.4 Å². The molecule has 0 aromatic heterocycles. The third-order valence-corrected chi connectivity index (χ3v) is 9.25. The fourth-order valence-electron chi connectivity index (χ4n) is 5.82. The van der Waals surface area contributed by atoms with Crippen LogP contribution in [0.25, 0.3) is 0 Å². The summed E-state index contributed by atoms with van der Waals surface area (Å²) in [5.74, 6) is -2.25. The Morgan fingerprint density at radius 2 is 1.86 bits per heavy atom. The number of carbonyl (C=O) groups excluding carboxylic acids is 3. The van der Waals surface area contributed by atoms with Gasteiger partial charge in [-0.25, -0.2) is 8.78 Å². The Morgan fingerprint density at radius 3 is 2.60 bits per heavy atom. The molecule has 4 aliphatic rings. The van der Waals surface area contributed by atoms with Crippen LogP contribution in [0.15, 0.2) is 23.1 Å². The number of alkyl halides is 2. The minimum atomic E-state index is -2.42. The van der Waals surface area contributed by atoms with E-state index in [2.05, 4.69) is 10.2 Å². The molecule has 2 unspecified atom stereocenters. The molecule has 0 bridgehead atoms. The summed E-state index contributed by atoms with van der Waals surface area (Å²) >= 11 is 1.76. The molecule has 3 heterocycles. The van der Waals surface area contributed by atoms with Gasteiger partial charge < -0.3 is 9.80 Å². The number of unbranched alkanes of at least 4 members (excludes halogenated alkanes) is 4. The van der Waals surface area contributed by atoms with Gasteiger partial charge in [0.2, 0.25) is 11.8 Å². The molecule has 1 spiro atoms. The van der Waals surface area contributed by atoms with E-state index in [1.54, 1.807) is 16.7 Å². The molecule has 1 N–H and O–H groups in total. The van der Waals surface area contributed by atoms with Gasteiger partial charge in [-0.2, -0.15) is 0 Å². The maximum atomic E-state index is 13.5. The predicted molar refractivity (Wildman–Crippen MR) is 129 cm³/mol. The van der Waals surface area contributed by atoms with Crippen LogP contribution in [0.5, 0.6) is 0 Å². The maximum Gasteiger partial charge on any atom is 0.255 e. The molecule has 1 aliphatic carbocycles. The summed E-state index contributed by atoms with van der Waals surface area (Å²) < 4.78 is 27.0. The van der Waals surface area contributed by atoms with Gasteiger partial charge >= 0.3 is 0 Å². The van der Waals surface area contributed by atoms with E-state index in [4.69, 9.17) is 0 Å². The van der Waals surface area contributed by atoms with Gasteiger partial charge in [-0.05, 0) is 62.2 Å². The summed E-state index contributed by atoms with van der Waals surface area (Å²) in [4.78, 5) is 41.6. The number of piperidine rings is 1. The zero-order chi connectivity index (χ0) is 24.6. The number of amides is 3. The van der Waals surface area contributed by atoms with Crippen molar-refractivity contribution in [3.8, 4) is 0 Å². The summed E-state index contributed by atoms with van der Waals surface area (Å²) in [5.41, 5.74) is 0.954. The third kappa shape index (κ3) is 4.99. The normalized spacial score (nSPS) is 27.5. The van der Waals surface area contributed by atoms with Crippen molar-refractivity contribution in [3.05, 3.63) is 29.3 Å². The van der Waals surface area contributed by atoms with Crippen LogP contribution >= 0.6 is 11.8 Å². The number of hydrogen-bond donors (Lipinski definition) is 1. The zero-order valence-electron chi connectivity index (χ0n) is 20.0. The number of carbonyl (C=O) groups is 3. The first kappa shape index (κ1) is 24.7. The molecule has 2 atom stereocenters. The summed E-state index contributed by atoms with van der Waals surface area (Å²) in [6.07, 6.45) is 6.91. The Kier molecular flexibility index (Phi) is 6.92. The second-order valence-corrected chi connectivity index (χ2v) is 11.6. The fraction of sp³-hybridized carbons (Fsp3) is 0.654. The van der Waals surface area contributed by atoms with Gasteiger partial charge in [0.1, 0.15) is 6.04 Å². The van der Waals surface area contributed by atoms with Gasteiger partial charge in [0, 0.05) is 36.4 Å². The van der Waals surface area contributed by atoms with Crippen LogP contribution in [0.4, 0.5) is 8.78 Å². The van der Waals surface area contributed by atoms with Gasteiger partial charge in [0.25, 0.3) is 11.8 Å². The fourth-order valence-corrected chi connectivity index (χ4v) is 6.91. The summed E-state index contributed by atoms with van der Waals surface area (Å²) in [6.45, 7) is 2.73. The topological polar surface area (TPSA) is 69.7 Å². The monoisotopic (exact) mass is 505 g/mol. The highest BCUT2D eigenvalue weighted by Crippen LogP contribution is 2.65. The molecule has 3 amide bonds. The van der Waals surface area contributed by atoms with Gasteiger partial charge in [0.15, 0.2) is 0 Å². The van der Waals surface area contributed by atoms with Crippen LogP contribution in [0, 0.1) is 5.41 Å². The lowest BCUT2D eigenvalue weighted by Crippen LogP contribution is -2.52. The first-order valence-electron chi connectivity index (χ1n) is 12.8. The molecule has 6 nitrogen and oxygen atoms in total. The number of fused-ring (bicyclic) bond motifs is 1. The number of likely N-dealkylation sites (tertiary alicyclic amines) is 1. The first-order valence-corrected chi connectivity index (χ1v) is 13.8. The molecule has 3 aliphatic heterocycles. The molecule has 1 saturated carbocycles. The highest BCUT2D eigenvalue weighted by Gasteiger charge is 2.72. The molecule has 2 saturated heterocycles.